The molecule has 2 heterocycles. The molecule has 32 heavy (non-hydrogen) atoms. The van der Waals surface area contributed by atoms with E-state index < -0.39 is 5.91 Å². The summed E-state index contributed by atoms with van der Waals surface area (Å²) in [6.45, 7) is 4.46. The van der Waals surface area contributed by atoms with Crippen molar-refractivity contribution in [3.05, 3.63) is 70.5 Å². The summed E-state index contributed by atoms with van der Waals surface area (Å²) in [5.41, 5.74) is 7.51. The number of fused-ring (bicyclic) bond motifs is 1. The fourth-order valence-corrected chi connectivity index (χ4v) is 3.42. The van der Waals surface area contributed by atoms with Crippen LogP contribution in [0.1, 0.15) is 44.6 Å². The number of para-hydroxylation sites is 1. The van der Waals surface area contributed by atoms with Crippen LogP contribution in [0.4, 0.5) is 5.69 Å². The minimum atomic E-state index is -0.519. The Morgan fingerprint density at radius 1 is 1.25 bits per heavy atom. The number of aromatic nitrogens is 2. The van der Waals surface area contributed by atoms with Gasteiger partial charge in [0.2, 0.25) is 17.7 Å². The summed E-state index contributed by atoms with van der Waals surface area (Å²) in [4.78, 5) is 40.2. The first-order valence-electron chi connectivity index (χ1n) is 10.7. The van der Waals surface area contributed by atoms with Crippen LogP contribution in [0.5, 0.6) is 0 Å². The number of hydrogen-bond donors (Lipinski definition) is 2. The number of nitrogens with zero attached hydrogens (tertiary/aromatic N) is 2. The van der Waals surface area contributed by atoms with Gasteiger partial charge in [0.15, 0.2) is 5.58 Å². The van der Waals surface area contributed by atoms with Gasteiger partial charge in [-0.2, -0.15) is 0 Å². The van der Waals surface area contributed by atoms with Crippen molar-refractivity contribution in [2.45, 2.75) is 46.1 Å². The van der Waals surface area contributed by atoms with Gasteiger partial charge in [-0.1, -0.05) is 32.1 Å². The molecule has 3 aromatic rings. The third kappa shape index (κ3) is 6.16. The van der Waals surface area contributed by atoms with Crippen LogP contribution in [0.25, 0.3) is 11.1 Å². The van der Waals surface area contributed by atoms with Gasteiger partial charge in [0.1, 0.15) is 17.7 Å². The summed E-state index contributed by atoms with van der Waals surface area (Å²) in [5.74, 6) is 0.132. The largest absolute Gasteiger partial charge is 0.439 e. The van der Waals surface area contributed by atoms with Crippen LogP contribution in [0.3, 0.4) is 0 Å². The van der Waals surface area contributed by atoms with E-state index in [0.717, 1.165) is 17.5 Å². The molecule has 0 bridgehead atoms. The van der Waals surface area contributed by atoms with Crippen LogP contribution >= 0.6 is 0 Å². The van der Waals surface area contributed by atoms with Crippen LogP contribution in [0.15, 0.2) is 57.9 Å². The molecule has 3 rings (SSSR count). The predicted molar refractivity (Wildman–Crippen MR) is 123 cm³/mol. The number of oxazole rings is 1. The number of anilines is 1. The van der Waals surface area contributed by atoms with E-state index in [2.05, 4.69) is 24.1 Å². The molecule has 0 spiro atoms. The Morgan fingerprint density at radius 3 is 2.81 bits per heavy atom. The molecule has 0 unspecified atom stereocenters. The minimum Gasteiger partial charge on any atom is -0.439 e. The van der Waals surface area contributed by atoms with Gasteiger partial charge in [-0.05, 0) is 55.0 Å². The van der Waals surface area contributed by atoms with Crippen LogP contribution < -0.4 is 16.6 Å². The number of benzene rings is 1. The number of nitrogens with two attached hydrogens (primary N) is 1. The van der Waals surface area contributed by atoms with Crippen molar-refractivity contribution < 1.29 is 14.0 Å². The maximum atomic E-state index is 12.8. The monoisotopic (exact) mass is 436 g/mol. The molecule has 0 aliphatic heterocycles. The first-order chi connectivity index (χ1) is 15.3. The minimum absolute atomic E-state index is 0.163. The van der Waals surface area contributed by atoms with E-state index in [1.54, 1.807) is 24.4 Å². The second-order valence-electron chi connectivity index (χ2n) is 8.07. The number of carbonyl (C=O) groups is 2. The number of primary amides is 1. The SMILES string of the molecule is CC(C)Cc1cccc2oc(Cn3cccc(NC(=O)CCC/C=C/C(N)=O)c3=O)nc12. The Bertz CT molecular complexity index is 1190. The fourth-order valence-electron chi connectivity index (χ4n) is 3.42. The number of carbonyl (C=O) groups excluding carboxylic acids is 2. The van der Waals surface area contributed by atoms with Crippen LogP contribution in [0, 0.1) is 5.92 Å². The van der Waals surface area contributed by atoms with E-state index in [4.69, 9.17) is 10.2 Å². The lowest BCUT2D eigenvalue weighted by molar-refractivity contribution is -0.116. The molecule has 2 amide bonds. The maximum absolute atomic E-state index is 12.8. The molecule has 168 valence electrons. The number of rotatable bonds is 10. The summed E-state index contributed by atoms with van der Waals surface area (Å²) in [7, 11) is 0. The topological polar surface area (TPSA) is 120 Å². The highest BCUT2D eigenvalue weighted by molar-refractivity contribution is 5.90. The lowest BCUT2D eigenvalue weighted by Crippen LogP contribution is -2.25. The van der Waals surface area contributed by atoms with Crippen molar-refractivity contribution in [3.63, 3.8) is 0 Å². The molecule has 8 heteroatoms. The van der Waals surface area contributed by atoms with Gasteiger partial charge >= 0.3 is 0 Å². The van der Waals surface area contributed by atoms with Gasteiger partial charge in [-0.25, -0.2) is 4.98 Å². The molecule has 0 saturated carbocycles. The molecule has 0 fully saturated rings. The van der Waals surface area contributed by atoms with Crippen molar-refractivity contribution in [1.29, 1.82) is 0 Å². The molecule has 0 aliphatic carbocycles. The summed E-state index contributed by atoms with van der Waals surface area (Å²) in [5, 5.41) is 2.65. The van der Waals surface area contributed by atoms with E-state index in [0.29, 0.717) is 30.2 Å². The van der Waals surface area contributed by atoms with E-state index in [1.165, 1.54) is 10.6 Å². The fraction of sp³-hybridized carbons (Fsp3) is 0.333. The average molecular weight is 437 g/mol. The number of allylic oxidation sites excluding steroid dienone is 1. The van der Waals surface area contributed by atoms with Gasteiger partial charge in [-0.15, -0.1) is 0 Å². The van der Waals surface area contributed by atoms with Crippen LogP contribution in [-0.2, 0) is 22.6 Å². The normalized spacial score (nSPS) is 11.5. The van der Waals surface area contributed by atoms with Gasteiger partial charge in [0.25, 0.3) is 5.56 Å². The predicted octanol–water partition coefficient (Wildman–Crippen LogP) is 3.39. The smallest absolute Gasteiger partial charge is 0.274 e. The number of unbranched alkanes of at least 4 members (excludes halogenated alkanes) is 1. The van der Waals surface area contributed by atoms with Gasteiger partial charge in [-0.3, -0.25) is 14.4 Å². The summed E-state index contributed by atoms with van der Waals surface area (Å²) in [6, 6.07) is 9.12. The van der Waals surface area contributed by atoms with E-state index in [1.807, 2.05) is 18.2 Å². The molecule has 3 N–H and O–H groups in total. The Labute approximate surface area is 186 Å². The highest BCUT2D eigenvalue weighted by Crippen LogP contribution is 2.22. The van der Waals surface area contributed by atoms with Crippen LogP contribution in [0.2, 0.25) is 0 Å². The van der Waals surface area contributed by atoms with E-state index in [9.17, 15) is 14.4 Å². The summed E-state index contributed by atoms with van der Waals surface area (Å²) >= 11 is 0. The van der Waals surface area contributed by atoms with Crippen molar-refractivity contribution in [1.82, 2.24) is 9.55 Å². The second kappa shape index (κ2) is 10.6. The quantitative estimate of drug-likeness (QED) is 0.373. The van der Waals surface area contributed by atoms with Gasteiger partial charge < -0.3 is 20.0 Å². The molecule has 2 aromatic heterocycles. The molecule has 0 atom stereocenters. The Hall–Kier alpha value is -3.68. The van der Waals surface area contributed by atoms with Crippen molar-refractivity contribution in [3.8, 4) is 0 Å². The number of nitrogens with one attached hydrogen (secondary N) is 1. The lowest BCUT2D eigenvalue weighted by Gasteiger charge is -2.07. The summed E-state index contributed by atoms with van der Waals surface area (Å²) < 4.78 is 7.32. The first kappa shape index (κ1) is 23.0. The standard InChI is InChI=1S/C24H28N4O4/c1-16(2)14-17-8-6-10-19-23(17)27-22(32-19)15-28-13-7-9-18(24(28)31)26-21(30)12-5-3-4-11-20(25)29/h4,6-11,13,16H,3,5,12,14-15H2,1-2H3,(H2,25,29)(H,26,30)/b11-4+. The van der Waals surface area contributed by atoms with Gasteiger partial charge in [0, 0.05) is 12.6 Å². The number of amides is 2. The molecule has 1 aromatic carbocycles. The van der Waals surface area contributed by atoms with E-state index in [-0.39, 0.29) is 30.1 Å². The third-order valence-corrected chi connectivity index (χ3v) is 4.83. The maximum Gasteiger partial charge on any atom is 0.274 e. The average Bonchev–Trinajstić information content (AvgIpc) is 3.14. The van der Waals surface area contributed by atoms with Crippen molar-refractivity contribution in [2.24, 2.45) is 11.7 Å². The number of pyridine rings is 1. The van der Waals surface area contributed by atoms with E-state index >= 15 is 0 Å². The zero-order valence-electron chi connectivity index (χ0n) is 18.3. The molecule has 0 radical (unpaired) electrons. The lowest BCUT2D eigenvalue weighted by atomic mass is 10.0. The second-order valence-corrected chi connectivity index (χ2v) is 8.07. The van der Waals surface area contributed by atoms with Crippen LogP contribution in [-0.4, -0.2) is 21.4 Å². The zero-order chi connectivity index (χ0) is 23.1. The third-order valence-electron chi connectivity index (χ3n) is 4.83. The Kier molecular flexibility index (Phi) is 7.59. The molecular weight excluding hydrogens is 408 g/mol. The Balaban J connectivity index is 1.69. The molecule has 8 nitrogen and oxygen atoms in total. The summed E-state index contributed by atoms with van der Waals surface area (Å²) in [6.07, 6.45) is 6.73. The van der Waals surface area contributed by atoms with Crippen molar-refractivity contribution in [2.75, 3.05) is 5.32 Å². The van der Waals surface area contributed by atoms with Crippen molar-refractivity contribution >= 4 is 28.6 Å². The van der Waals surface area contributed by atoms with Gasteiger partial charge in [0.05, 0.1) is 0 Å². The molecular formula is C24H28N4O4. The molecule has 0 saturated heterocycles. The molecule has 0 aliphatic rings. The first-order valence-corrected chi connectivity index (χ1v) is 10.7. The number of hydrogen-bond acceptors (Lipinski definition) is 5. The highest BCUT2D eigenvalue weighted by atomic mass is 16.3. The highest BCUT2D eigenvalue weighted by Gasteiger charge is 2.13. The zero-order valence-corrected chi connectivity index (χ0v) is 18.3. The Morgan fingerprint density at radius 2 is 2.06 bits per heavy atom.